The predicted molar refractivity (Wildman–Crippen MR) is 46.3 cm³/mol. The molecular weight excluding hydrogens is 160 g/mol. The third-order valence-electron chi connectivity index (χ3n) is 1.33. The van der Waals surface area contributed by atoms with Crippen molar-refractivity contribution < 1.29 is 15.0 Å². The second-order valence-corrected chi connectivity index (χ2v) is 8.52. The molecule has 0 aromatic carbocycles. The molecule has 0 aromatic heterocycles. The Bertz CT molecular complexity index is 196. The molecule has 0 aliphatic rings. The highest BCUT2D eigenvalue weighted by molar-refractivity contribution is 6.87. The molecule has 64 valence electrons. The maximum Gasteiger partial charge on any atom is 0.330 e. The van der Waals surface area contributed by atoms with E-state index in [0.717, 1.165) is 0 Å². The lowest BCUT2D eigenvalue weighted by Gasteiger charge is -2.17. The lowest BCUT2D eigenvalue weighted by Crippen LogP contribution is -2.30. The van der Waals surface area contributed by atoms with E-state index in [1.807, 2.05) is 19.6 Å². The topological polar surface area (TPSA) is 57.5 Å². The molecule has 0 aliphatic carbocycles. The maximum atomic E-state index is 10.6. The van der Waals surface area contributed by atoms with Crippen LogP contribution in [0, 0.1) is 0 Å². The van der Waals surface area contributed by atoms with E-state index in [1.54, 1.807) is 0 Å². The van der Waals surface area contributed by atoms with Crippen molar-refractivity contribution in [1.29, 1.82) is 0 Å². The molecule has 0 rings (SSSR count). The summed E-state index contributed by atoms with van der Waals surface area (Å²) in [7, 11) is -1.88. The summed E-state index contributed by atoms with van der Waals surface area (Å²) < 4.78 is 0. The normalized spacial score (nSPS) is 14.2. The number of carboxylic acid groups (broad SMARTS) is 1. The fraction of sp³-hybridized carbons (Fsp3) is 0.571. The number of hydrogen-bond acceptors (Lipinski definition) is 2. The van der Waals surface area contributed by atoms with Crippen molar-refractivity contribution in [3.63, 3.8) is 0 Å². The Labute approximate surface area is 67.4 Å². The van der Waals surface area contributed by atoms with Crippen LogP contribution in [0.5, 0.6) is 0 Å². The van der Waals surface area contributed by atoms with Gasteiger partial charge in [0.2, 0.25) is 0 Å². The van der Waals surface area contributed by atoms with Gasteiger partial charge in [-0.2, -0.15) is 0 Å². The SMILES string of the molecule is C/C(O)=C(/C(=O)O)[Si](C)(C)C. The van der Waals surface area contributed by atoms with Crippen LogP contribution in [0.15, 0.2) is 11.0 Å². The number of aliphatic hydroxyl groups is 1. The second kappa shape index (κ2) is 3.09. The van der Waals surface area contributed by atoms with Crippen molar-refractivity contribution in [3.05, 3.63) is 11.0 Å². The largest absolute Gasteiger partial charge is 0.512 e. The Balaban J connectivity index is 4.96. The molecule has 0 radical (unpaired) electrons. The van der Waals surface area contributed by atoms with E-state index >= 15 is 0 Å². The van der Waals surface area contributed by atoms with Gasteiger partial charge in [0.05, 0.1) is 19.0 Å². The van der Waals surface area contributed by atoms with Crippen LogP contribution in [0.2, 0.25) is 19.6 Å². The summed E-state index contributed by atoms with van der Waals surface area (Å²) in [6, 6.07) is 0. The first kappa shape index (κ1) is 10.2. The third-order valence-corrected chi connectivity index (χ3v) is 3.40. The highest BCUT2D eigenvalue weighted by Gasteiger charge is 2.27. The molecule has 0 unspecified atom stereocenters. The standard InChI is InChI=1S/C7H14O3Si/c1-5(8)6(7(9)10)11(2,3)4/h8H,1-4H3,(H,9,10)/b6-5+. The van der Waals surface area contributed by atoms with E-state index in [9.17, 15) is 4.79 Å². The Morgan fingerprint density at radius 2 is 1.55 bits per heavy atom. The predicted octanol–water partition coefficient (Wildman–Crippen LogP) is 1.78. The van der Waals surface area contributed by atoms with E-state index in [2.05, 4.69) is 0 Å². The van der Waals surface area contributed by atoms with Crippen molar-refractivity contribution in [1.82, 2.24) is 0 Å². The summed E-state index contributed by atoms with van der Waals surface area (Å²) in [6.07, 6.45) is 0. The molecule has 0 heterocycles. The van der Waals surface area contributed by atoms with Crippen molar-refractivity contribution in [2.75, 3.05) is 0 Å². The van der Waals surface area contributed by atoms with Crippen LogP contribution in [0.25, 0.3) is 0 Å². The van der Waals surface area contributed by atoms with Crippen molar-refractivity contribution in [3.8, 4) is 0 Å². The number of aliphatic carboxylic acids is 1. The van der Waals surface area contributed by atoms with Gasteiger partial charge in [-0.05, 0) is 6.92 Å². The fourth-order valence-corrected chi connectivity index (χ4v) is 2.75. The molecule has 0 atom stereocenters. The van der Waals surface area contributed by atoms with Crippen LogP contribution in [0.3, 0.4) is 0 Å². The first-order valence-corrected chi connectivity index (χ1v) is 6.90. The van der Waals surface area contributed by atoms with Crippen LogP contribution in [0.4, 0.5) is 0 Å². The Morgan fingerprint density at radius 1 is 1.18 bits per heavy atom. The number of rotatable bonds is 2. The summed E-state index contributed by atoms with van der Waals surface area (Å²) >= 11 is 0. The van der Waals surface area contributed by atoms with Gasteiger partial charge in [0.1, 0.15) is 0 Å². The summed E-state index contributed by atoms with van der Waals surface area (Å²) in [4.78, 5) is 10.6. The van der Waals surface area contributed by atoms with E-state index in [0.29, 0.717) is 0 Å². The molecular formula is C7H14O3Si. The zero-order valence-corrected chi connectivity index (χ0v) is 8.30. The fourth-order valence-electron chi connectivity index (χ4n) is 1.02. The highest BCUT2D eigenvalue weighted by Crippen LogP contribution is 2.17. The maximum absolute atomic E-state index is 10.6. The third kappa shape index (κ3) is 2.75. The lowest BCUT2D eigenvalue weighted by molar-refractivity contribution is -0.132. The van der Waals surface area contributed by atoms with Gasteiger partial charge in [-0.15, -0.1) is 0 Å². The van der Waals surface area contributed by atoms with Gasteiger partial charge in [-0.25, -0.2) is 4.79 Å². The molecule has 0 bridgehead atoms. The summed E-state index contributed by atoms with van der Waals surface area (Å²) in [5.41, 5.74) is 0. The highest BCUT2D eigenvalue weighted by atomic mass is 28.3. The molecule has 0 amide bonds. The molecule has 0 aromatic rings. The number of aliphatic hydroxyl groups excluding tert-OH is 1. The summed E-state index contributed by atoms with van der Waals surface area (Å²) in [5.74, 6) is -1.05. The number of allylic oxidation sites excluding steroid dienone is 1. The van der Waals surface area contributed by atoms with Gasteiger partial charge in [-0.1, -0.05) is 19.6 Å². The molecule has 0 fully saturated rings. The van der Waals surface area contributed by atoms with Crippen LogP contribution in [-0.4, -0.2) is 24.3 Å². The van der Waals surface area contributed by atoms with Crippen LogP contribution >= 0.6 is 0 Å². The van der Waals surface area contributed by atoms with Gasteiger partial charge in [0.15, 0.2) is 0 Å². The average Bonchev–Trinajstić information content (AvgIpc) is 1.54. The van der Waals surface area contributed by atoms with E-state index < -0.39 is 14.0 Å². The first-order chi connectivity index (χ1) is 4.76. The molecule has 4 heteroatoms. The Hall–Kier alpha value is -0.773. The molecule has 0 saturated heterocycles. The molecule has 0 aliphatic heterocycles. The van der Waals surface area contributed by atoms with Crippen molar-refractivity contribution in [2.45, 2.75) is 26.6 Å². The van der Waals surface area contributed by atoms with Gasteiger partial charge in [0, 0.05) is 0 Å². The van der Waals surface area contributed by atoms with Crippen LogP contribution in [0.1, 0.15) is 6.92 Å². The minimum Gasteiger partial charge on any atom is -0.512 e. The first-order valence-electron chi connectivity index (χ1n) is 3.40. The monoisotopic (exact) mass is 174 g/mol. The Morgan fingerprint density at radius 3 is 1.55 bits per heavy atom. The number of hydrogen-bond donors (Lipinski definition) is 2. The van der Waals surface area contributed by atoms with Crippen molar-refractivity contribution >= 4 is 14.0 Å². The molecule has 0 spiro atoms. The smallest absolute Gasteiger partial charge is 0.330 e. The molecule has 11 heavy (non-hydrogen) atoms. The van der Waals surface area contributed by atoms with Crippen molar-refractivity contribution in [2.24, 2.45) is 0 Å². The average molecular weight is 174 g/mol. The quantitative estimate of drug-likeness (QED) is 0.381. The zero-order valence-electron chi connectivity index (χ0n) is 7.30. The molecule has 3 nitrogen and oxygen atoms in total. The molecule has 2 N–H and O–H groups in total. The summed E-state index contributed by atoms with van der Waals surface area (Å²) in [6.45, 7) is 7.07. The Kier molecular flexibility index (Phi) is 2.87. The molecule has 0 saturated carbocycles. The second-order valence-electron chi connectivity index (χ2n) is 3.52. The van der Waals surface area contributed by atoms with Gasteiger partial charge < -0.3 is 10.2 Å². The van der Waals surface area contributed by atoms with E-state index in [1.165, 1.54) is 6.92 Å². The van der Waals surface area contributed by atoms with Crippen LogP contribution in [-0.2, 0) is 4.79 Å². The minimum atomic E-state index is -1.88. The van der Waals surface area contributed by atoms with Gasteiger partial charge in [0.25, 0.3) is 0 Å². The van der Waals surface area contributed by atoms with E-state index in [4.69, 9.17) is 10.2 Å². The van der Waals surface area contributed by atoms with E-state index in [-0.39, 0.29) is 11.0 Å². The van der Waals surface area contributed by atoms with Crippen LogP contribution < -0.4 is 0 Å². The van der Waals surface area contributed by atoms with Gasteiger partial charge >= 0.3 is 5.97 Å². The lowest BCUT2D eigenvalue weighted by atomic mass is 10.5. The number of carbonyl (C=O) groups is 1. The summed E-state index contributed by atoms with van der Waals surface area (Å²) in [5, 5.41) is 18.0. The zero-order chi connectivity index (χ0) is 9.23. The minimum absolute atomic E-state index is 0.0586. The van der Waals surface area contributed by atoms with Gasteiger partial charge in [-0.3, -0.25) is 0 Å². The number of carboxylic acids is 1.